The van der Waals surface area contributed by atoms with Crippen LogP contribution in [-0.2, 0) is 17.7 Å². The van der Waals surface area contributed by atoms with E-state index in [0.717, 1.165) is 30.8 Å². The zero-order valence-corrected chi connectivity index (χ0v) is 12.6. The lowest BCUT2D eigenvalue weighted by Gasteiger charge is -2.09. The molecule has 0 fully saturated rings. The normalized spacial score (nSPS) is 10.6. The van der Waals surface area contributed by atoms with Gasteiger partial charge >= 0.3 is 0 Å². The zero-order chi connectivity index (χ0) is 14.9. The number of aryl methyl sites for hydroxylation is 1. The van der Waals surface area contributed by atoms with Crippen LogP contribution in [0.15, 0.2) is 42.6 Å². The number of nitrogens with zero attached hydrogens (tertiary/aromatic N) is 1. The quantitative estimate of drug-likeness (QED) is 0.757. The first kappa shape index (κ1) is 15.5. The number of para-hydroxylation sites is 1. The third-order valence-electron chi connectivity index (χ3n) is 3.18. The van der Waals surface area contributed by atoms with Gasteiger partial charge in [-0.1, -0.05) is 31.2 Å². The zero-order valence-electron chi connectivity index (χ0n) is 12.6. The van der Waals surface area contributed by atoms with E-state index in [9.17, 15) is 0 Å². The molecule has 2 rings (SSSR count). The summed E-state index contributed by atoms with van der Waals surface area (Å²) in [6, 6.07) is 12.0. The van der Waals surface area contributed by atoms with E-state index < -0.39 is 0 Å². The van der Waals surface area contributed by atoms with Crippen LogP contribution >= 0.6 is 0 Å². The highest BCUT2D eigenvalue weighted by atomic mass is 16.5. The van der Waals surface area contributed by atoms with Crippen LogP contribution in [0.4, 0.5) is 0 Å². The van der Waals surface area contributed by atoms with Crippen molar-refractivity contribution in [3.63, 3.8) is 0 Å². The van der Waals surface area contributed by atoms with Crippen molar-refractivity contribution < 1.29 is 9.47 Å². The average Bonchev–Trinajstić information content (AvgIpc) is 2.54. The van der Waals surface area contributed by atoms with Crippen molar-refractivity contribution in [2.75, 3.05) is 20.3 Å². The van der Waals surface area contributed by atoms with Gasteiger partial charge in [0.05, 0.1) is 6.61 Å². The van der Waals surface area contributed by atoms with E-state index in [2.05, 4.69) is 23.3 Å². The van der Waals surface area contributed by atoms with Crippen LogP contribution < -0.4 is 10.1 Å². The maximum Gasteiger partial charge on any atom is 0.219 e. The Bertz CT molecular complexity index is 541. The minimum Gasteiger partial charge on any atom is -0.439 e. The average molecular weight is 286 g/mol. The molecule has 0 amide bonds. The van der Waals surface area contributed by atoms with Crippen LogP contribution in [0.1, 0.15) is 18.1 Å². The van der Waals surface area contributed by atoms with Gasteiger partial charge in [-0.15, -0.1) is 0 Å². The number of nitrogens with one attached hydrogen (secondary N) is 1. The summed E-state index contributed by atoms with van der Waals surface area (Å²) in [4.78, 5) is 4.35. The number of hydrogen-bond donors (Lipinski definition) is 1. The highest BCUT2D eigenvalue weighted by Crippen LogP contribution is 2.24. The first-order valence-electron chi connectivity index (χ1n) is 7.24. The predicted molar refractivity (Wildman–Crippen MR) is 83.7 cm³/mol. The van der Waals surface area contributed by atoms with E-state index in [0.29, 0.717) is 12.5 Å². The molecule has 1 aromatic carbocycles. The van der Waals surface area contributed by atoms with E-state index in [4.69, 9.17) is 9.47 Å². The fraction of sp³-hybridized carbons (Fsp3) is 0.353. The summed E-state index contributed by atoms with van der Waals surface area (Å²) in [5.74, 6) is 1.50. The fourth-order valence-electron chi connectivity index (χ4n) is 1.99. The van der Waals surface area contributed by atoms with Gasteiger partial charge in [-0.2, -0.15) is 0 Å². The molecular formula is C17H22N2O2. The Kier molecular flexibility index (Phi) is 6.19. The van der Waals surface area contributed by atoms with Crippen molar-refractivity contribution >= 4 is 0 Å². The number of methoxy groups -OCH3 is 1. The SMILES string of the molecule is CCc1ccccc1Oc1ccc(CNCCOC)cn1. The summed E-state index contributed by atoms with van der Waals surface area (Å²) < 4.78 is 10.8. The smallest absolute Gasteiger partial charge is 0.219 e. The van der Waals surface area contributed by atoms with E-state index in [1.54, 1.807) is 7.11 Å². The molecule has 1 N–H and O–H groups in total. The lowest BCUT2D eigenvalue weighted by Crippen LogP contribution is -2.18. The number of benzene rings is 1. The van der Waals surface area contributed by atoms with Crippen molar-refractivity contribution in [2.45, 2.75) is 19.9 Å². The number of aromatic nitrogens is 1. The number of hydrogen-bond acceptors (Lipinski definition) is 4. The molecule has 0 atom stereocenters. The van der Waals surface area contributed by atoms with Gasteiger partial charge in [-0.3, -0.25) is 0 Å². The highest BCUT2D eigenvalue weighted by molar-refractivity contribution is 5.36. The fourth-order valence-corrected chi connectivity index (χ4v) is 1.99. The monoisotopic (exact) mass is 286 g/mol. The second-order valence-electron chi connectivity index (χ2n) is 4.74. The molecule has 0 aliphatic heterocycles. The van der Waals surface area contributed by atoms with Gasteiger partial charge < -0.3 is 14.8 Å². The Labute approximate surface area is 126 Å². The van der Waals surface area contributed by atoms with Crippen LogP contribution in [0, 0.1) is 0 Å². The van der Waals surface area contributed by atoms with Crippen LogP contribution in [0.25, 0.3) is 0 Å². The van der Waals surface area contributed by atoms with Gasteiger partial charge in [-0.25, -0.2) is 4.98 Å². The molecule has 0 saturated heterocycles. The highest BCUT2D eigenvalue weighted by Gasteiger charge is 2.03. The summed E-state index contributed by atoms with van der Waals surface area (Å²) in [6.45, 7) is 4.44. The third kappa shape index (κ3) is 4.85. The Morgan fingerprint density at radius 2 is 2.00 bits per heavy atom. The van der Waals surface area contributed by atoms with Crippen LogP contribution in [-0.4, -0.2) is 25.2 Å². The van der Waals surface area contributed by atoms with Gasteiger partial charge in [0.25, 0.3) is 0 Å². The van der Waals surface area contributed by atoms with Gasteiger partial charge in [0.2, 0.25) is 5.88 Å². The minimum atomic E-state index is 0.622. The number of rotatable bonds is 8. The molecule has 0 unspecified atom stereocenters. The molecule has 0 spiro atoms. The molecule has 0 aliphatic carbocycles. The third-order valence-corrected chi connectivity index (χ3v) is 3.18. The van der Waals surface area contributed by atoms with Crippen molar-refractivity contribution in [1.29, 1.82) is 0 Å². The van der Waals surface area contributed by atoms with Gasteiger partial charge in [0.15, 0.2) is 0 Å². The van der Waals surface area contributed by atoms with Gasteiger partial charge in [-0.05, 0) is 23.6 Å². The van der Waals surface area contributed by atoms with Crippen molar-refractivity contribution in [2.24, 2.45) is 0 Å². The topological polar surface area (TPSA) is 43.4 Å². The van der Waals surface area contributed by atoms with E-state index in [1.807, 2.05) is 36.5 Å². The van der Waals surface area contributed by atoms with Crippen LogP contribution in [0.5, 0.6) is 11.6 Å². The minimum absolute atomic E-state index is 0.622. The van der Waals surface area contributed by atoms with Crippen LogP contribution in [0.3, 0.4) is 0 Å². The summed E-state index contributed by atoms with van der Waals surface area (Å²) in [5.41, 5.74) is 2.31. The van der Waals surface area contributed by atoms with E-state index in [-0.39, 0.29) is 0 Å². The summed E-state index contributed by atoms with van der Waals surface area (Å²) in [5, 5.41) is 3.28. The Morgan fingerprint density at radius 1 is 1.14 bits per heavy atom. The molecule has 4 heteroatoms. The molecule has 0 aliphatic rings. The molecule has 0 bridgehead atoms. The maximum atomic E-state index is 5.85. The first-order valence-corrected chi connectivity index (χ1v) is 7.24. The van der Waals surface area contributed by atoms with Crippen LogP contribution in [0.2, 0.25) is 0 Å². The summed E-state index contributed by atoms with van der Waals surface area (Å²) in [6.07, 6.45) is 2.78. The number of pyridine rings is 1. The molecular weight excluding hydrogens is 264 g/mol. The molecule has 0 radical (unpaired) electrons. The number of ether oxygens (including phenoxy) is 2. The Balaban J connectivity index is 1.93. The van der Waals surface area contributed by atoms with Crippen molar-refractivity contribution in [3.05, 3.63) is 53.7 Å². The van der Waals surface area contributed by atoms with Gasteiger partial charge in [0.1, 0.15) is 5.75 Å². The van der Waals surface area contributed by atoms with Crippen molar-refractivity contribution in [3.8, 4) is 11.6 Å². The molecule has 1 aromatic heterocycles. The Hall–Kier alpha value is -1.91. The molecule has 21 heavy (non-hydrogen) atoms. The Morgan fingerprint density at radius 3 is 2.71 bits per heavy atom. The molecule has 112 valence electrons. The van der Waals surface area contributed by atoms with E-state index in [1.165, 1.54) is 5.56 Å². The molecule has 1 heterocycles. The lowest BCUT2D eigenvalue weighted by atomic mass is 10.1. The molecule has 2 aromatic rings. The second kappa shape index (κ2) is 8.39. The predicted octanol–water partition coefficient (Wildman–Crippen LogP) is 3.17. The molecule has 4 nitrogen and oxygen atoms in total. The lowest BCUT2D eigenvalue weighted by molar-refractivity contribution is 0.199. The first-order chi connectivity index (χ1) is 10.3. The molecule has 0 saturated carbocycles. The van der Waals surface area contributed by atoms with E-state index >= 15 is 0 Å². The summed E-state index contributed by atoms with van der Waals surface area (Å²) >= 11 is 0. The standard InChI is InChI=1S/C17H22N2O2/c1-3-15-6-4-5-7-16(15)21-17-9-8-14(13-19-17)12-18-10-11-20-2/h4-9,13,18H,3,10-12H2,1-2H3. The van der Waals surface area contributed by atoms with Crippen molar-refractivity contribution in [1.82, 2.24) is 10.3 Å². The van der Waals surface area contributed by atoms with Gasteiger partial charge in [0, 0.05) is 32.5 Å². The maximum absolute atomic E-state index is 5.85. The second-order valence-corrected chi connectivity index (χ2v) is 4.74. The summed E-state index contributed by atoms with van der Waals surface area (Å²) in [7, 11) is 1.70. The largest absolute Gasteiger partial charge is 0.439 e.